The third-order valence-corrected chi connectivity index (χ3v) is 10.1. The monoisotopic (exact) mass is 688 g/mol. The smallest absolute Gasteiger partial charge is 0.463 e. The second-order valence-corrected chi connectivity index (χ2v) is 14.8. The Labute approximate surface area is 288 Å². The first kappa shape index (κ1) is 43.9. The van der Waals surface area contributed by atoms with E-state index in [1.54, 1.807) is 0 Å². The lowest BCUT2D eigenvalue weighted by Crippen LogP contribution is -2.34. The van der Waals surface area contributed by atoms with Crippen molar-refractivity contribution >= 4 is 20.0 Å². The molecule has 1 saturated heterocycles. The summed E-state index contributed by atoms with van der Waals surface area (Å²) in [5, 5.41) is 13.1. The molecule has 0 aromatic rings. The van der Waals surface area contributed by atoms with Crippen LogP contribution in [0.15, 0.2) is 0 Å². The van der Waals surface area contributed by atoms with Crippen LogP contribution < -0.4 is 5.09 Å². The van der Waals surface area contributed by atoms with E-state index in [4.69, 9.17) is 14.3 Å². The number of rotatable bonds is 34. The molecule has 2 N–H and O–H groups in total. The zero-order valence-electron chi connectivity index (χ0n) is 30.4. The molecule has 3 unspecified atom stereocenters. The number of nitrogens with zero attached hydrogens (tertiary/aromatic N) is 1. The molecular weight excluding hydrogens is 615 g/mol. The van der Waals surface area contributed by atoms with Crippen molar-refractivity contribution in [1.29, 1.82) is 0 Å². The van der Waals surface area contributed by atoms with E-state index in [2.05, 4.69) is 18.9 Å². The van der Waals surface area contributed by atoms with Crippen LogP contribution in [-0.4, -0.2) is 60.4 Å². The molecule has 0 spiro atoms. The van der Waals surface area contributed by atoms with Crippen molar-refractivity contribution in [3.8, 4) is 0 Å². The van der Waals surface area contributed by atoms with E-state index >= 15 is 0 Å². The largest absolute Gasteiger partial charge is 0.560 e. The van der Waals surface area contributed by atoms with Crippen LogP contribution in [0.5, 0.6) is 0 Å². The van der Waals surface area contributed by atoms with Crippen molar-refractivity contribution in [3.63, 3.8) is 0 Å². The van der Waals surface area contributed by atoms with Crippen molar-refractivity contribution in [2.45, 2.75) is 199 Å². The average Bonchev–Trinajstić information content (AvgIpc) is 3.48. The third-order valence-electron chi connectivity index (χ3n) is 8.92. The van der Waals surface area contributed by atoms with Crippen LogP contribution in [0.1, 0.15) is 187 Å². The Morgan fingerprint density at radius 1 is 0.660 bits per heavy atom. The van der Waals surface area contributed by atoms with Crippen LogP contribution in [0.4, 0.5) is 0 Å². The van der Waals surface area contributed by atoms with Gasteiger partial charge in [-0.15, -0.1) is 0 Å². The van der Waals surface area contributed by atoms with Gasteiger partial charge in [-0.3, -0.25) is 4.79 Å². The maximum atomic E-state index is 12.9. The standard InChI is InChI=1S/C37H72N2O7P/c1-3-5-7-9-11-13-15-17-19-21-23-25-27-29-36(41)44-32-34(40)33-45-37(42)35(46-39-31-30-38-47(39)43)28-26-24-22-20-18-16-14-12-10-8-6-4-2/h34-35,40H,3-33H2,1-2H3,(H,38,43)/q+1. The minimum atomic E-state index is -1.88. The highest BCUT2D eigenvalue weighted by atomic mass is 31.1. The molecule has 1 heterocycles. The van der Waals surface area contributed by atoms with Gasteiger partial charge in [0.2, 0.25) is 0 Å². The summed E-state index contributed by atoms with van der Waals surface area (Å²) >= 11 is 0. The van der Waals surface area contributed by atoms with Crippen molar-refractivity contribution < 1.29 is 33.6 Å². The first-order valence-electron chi connectivity index (χ1n) is 19.6. The molecule has 10 heteroatoms. The Bertz CT molecular complexity index is 773. The number of carbonyl (C=O) groups is 2. The van der Waals surface area contributed by atoms with Crippen LogP contribution in [0, 0.1) is 0 Å². The highest BCUT2D eigenvalue weighted by Crippen LogP contribution is 2.29. The third kappa shape index (κ3) is 26.4. The SMILES string of the molecule is CCCCCCCCCCCCCCCC(=O)OCC(O)COC(=O)C(CCCCCCCCCCCCCC)ON1CCN[P+]1=O. The molecule has 0 amide bonds. The lowest BCUT2D eigenvalue weighted by atomic mass is 10.0. The van der Waals surface area contributed by atoms with E-state index in [0.717, 1.165) is 38.5 Å². The Hall–Kier alpha value is -1.12. The predicted molar refractivity (Wildman–Crippen MR) is 191 cm³/mol. The molecule has 0 radical (unpaired) electrons. The molecule has 1 aliphatic heterocycles. The maximum absolute atomic E-state index is 12.9. The lowest BCUT2D eigenvalue weighted by Gasteiger charge is -2.18. The molecule has 3 atom stereocenters. The molecule has 0 aliphatic carbocycles. The van der Waals surface area contributed by atoms with E-state index in [0.29, 0.717) is 25.9 Å². The van der Waals surface area contributed by atoms with Gasteiger partial charge in [0.05, 0.1) is 17.9 Å². The molecule has 0 aromatic heterocycles. The number of aliphatic hydroxyl groups is 1. The van der Waals surface area contributed by atoms with Gasteiger partial charge in [-0.2, -0.15) is 0 Å². The Kier molecular flexibility index (Phi) is 30.0. The van der Waals surface area contributed by atoms with Crippen LogP contribution in [0.2, 0.25) is 0 Å². The number of hydroxylamine groups is 1. The Balaban J connectivity index is 2.15. The predicted octanol–water partition coefficient (Wildman–Crippen LogP) is 9.87. The second kappa shape index (κ2) is 32.1. The number of unbranched alkanes of at least 4 members (excludes halogenated alkanes) is 23. The van der Waals surface area contributed by atoms with Gasteiger partial charge in [0.15, 0.2) is 6.10 Å². The van der Waals surface area contributed by atoms with Gasteiger partial charge in [0, 0.05) is 6.42 Å². The minimum Gasteiger partial charge on any atom is -0.463 e. The summed E-state index contributed by atoms with van der Waals surface area (Å²) in [5.74, 6) is -0.933. The summed E-state index contributed by atoms with van der Waals surface area (Å²) < 4.78 is 22.7. The summed E-state index contributed by atoms with van der Waals surface area (Å²) in [5.41, 5.74) is 0. The highest BCUT2D eigenvalue weighted by molar-refractivity contribution is 7.39. The first-order valence-corrected chi connectivity index (χ1v) is 20.8. The van der Waals surface area contributed by atoms with Gasteiger partial charge in [-0.1, -0.05) is 173 Å². The normalized spacial score (nSPS) is 15.6. The Morgan fingerprint density at radius 3 is 1.53 bits per heavy atom. The van der Waals surface area contributed by atoms with Gasteiger partial charge in [0.1, 0.15) is 19.3 Å². The Morgan fingerprint density at radius 2 is 1.09 bits per heavy atom. The summed E-state index contributed by atoms with van der Waals surface area (Å²) in [6.07, 6.45) is 29.6. The number of hydrogen-bond acceptors (Lipinski definition) is 7. The number of carbonyl (C=O) groups excluding carboxylic acids is 2. The minimum absolute atomic E-state index is 0.212. The molecule has 1 fully saturated rings. The van der Waals surface area contributed by atoms with E-state index in [-0.39, 0.29) is 19.2 Å². The summed E-state index contributed by atoms with van der Waals surface area (Å²) in [7, 11) is -1.88. The highest BCUT2D eigenvalue weighted by Gasteiger charge is 2.39. The lowest BCUT2D eigenvalue weighted by molar-refractivity contribution is -0.184. The molecule has 0 bridgehead atoms. The maximum Gasteiger partial charge on any atom is 0.560 e. The van der Waals surface area contributed by atoms with Crippen LogP contribution in [0.3, 0.4) is 0 Å². The van der Waals surface area contributed by atoms with E-state index in [1.165, 1.54) is 127 Å². The molecule has 0 aromatic carbocycles. The summed E-state index contributed by atoms with van der Waals surface area (Å²) in [6, 6.07) is 0. The average molecular weight is 688 g/mol. The van der Waals surface area contributed by atoms with Crippen molar-refractivity contribution in [2.24, 2.45) is 0 Å². The first-order chi connectivity index (χ1) is 23.0. The fourth-order valence-corrected chi connectivity index (χ4v) is 6.84. The van der Waals surface area contributed by atoms with Crippen LogP contribution in [0.25, 0.3) is 0 Å². The summed E-state index contributed by atoms with van der Waals surface area (Å²) in [4.78, 5) is 32.1. The van der Waals surface area contributed by atoms with Crippen LogP contribution in [-0.2, 0) is 28.5 Å². The van der Waals surface area contributed by atoms with Gasteiger partial charge < -0.3 is 14.6 Å². The van der Waals surface area contributed by atoms with Gasteiger partial charge >= 0.3 is 20.0 Å². The summed E-state index contributed by atoms with van der Waals surface area (Å²) in [6.45, 7) is 4.96. The van der Waals surface area contributed by atoms with Gasteiger partial charge in [-0.05, 0) is 17.4 Å². The molecule has 9 nitrogen and oxygen atoms in total. The van der Waals surface area contributed by atoms with Gasteiger partial charge in [-0.25, -0.2) is 9.63 Å². The van der Waals surface area contributed by atoms with E-state index in [1.807, 2.05) is 0 Å². The molecule has 1 aliphatic rings. The number of ether oxygens (including phenoxy) is 2. The molecular formula is C37H72N2O7P+. The van der Waals surface area contributed by atoms with E-state index in [9.17, 15) is 19.3 Å². The zero-order valence-corrected chi connectivity index (χ0v) is 31.3. The topological polar surface area (TPSA) is 114 Å². The number of esters is 2. The van der Waals surface area contributed by atoms with Crippen molar-refractivity contribution in [3.05, 3.63) is 0 Å². The zero-order chi connectivity index (χ0) is 34.2. The molecule has 276 valence electrons. The molecule has 0 saturated carbocycles. The number of hydrogen-bond donors (Lipinski definition) is 2. The number of nitrogens with one attached hydrogen (secondary N) is 1. The number of aliphatic hydroxyl groups excluding tert-OH is 1. The second-order valence-electron chi connectivity index (χ2n) is 13.5. The van der Waals surface area contributed by atoms with E-state index < -0.39 is 26.3 Å². The van der Waals surface area contributed by atoms with Gasteiger partial charge in [0.25, 0.3) is 0 Å². The fraction of sp³-hybridized carbons (Fsp3) is 0.946. The molecule has 47 heavy (non-hydrogen) atoms. The van der Waals surface area contributed by atoms with Crippen molar-refractivity contribution in [2.75, 3.05) is 26.3 Å². The van der Waals surface area contributed by atoms with Crippen LogP contribution >= 0.6 is 8.10 Å². The quantitative estimate of drug-likeness (QED) is 0.0388. The fourth-order valence-electron chi connectivity index (χ4n) is 5.91. The molecule has 1 rings (SSSR count). The van der Waals surface area contributed by atoms with Crippen molar-refractivity contribution in [1.82, 2.24) is 9.92 Å².